The molecule has 0 heterocycles. The Kier molecular flexibility index (Phi) is 7.43. The number of carbonyl (C=O) groups excluding carboxylic acids is 2. The van der Waals surface area contributed by atoms with E-state index in [1.807, 2.05) is 27.9 Å². The fourth-order valence-corrected chi connectivity index (χ4v) is 1.91. The van der Waals surface area contributed by atoms with Gasteiger partial charge in [0.2, 0.25) is 0 Å². The summed E-state index contributed by atoms with van der Waals surface area (Å²) in [4.78, 5) is 25.1. The summed E-state index contributed by atoms with van der Waals surface area (Å²) in [5, 5.41) is 5.25. The van der Waals surface area contributed by atoms with E-state index in [2.05, 4.69) is 39.8 Å². The maximum absolute atomic E-state index is 11.6. The van der Waals surface area contributed by atoms with E-state index in [0.717, 1.165) is 12.8 Å². The number of nitrogens with zero attached hydrogens (tertiary/aromatic N) is 1. The molecule has 0 aliphatic carbocycles. The van der Waals surface area contributed by atoms with Gasteiger partial charge in [-0.3, -0.25) is 9.59 Å². The molecule has 0 bridgehead atoms. The van der Waals surface area contributed by atoms with Crippen LogP contribution in [-0.4, -0.2) is 39.0 Å². The van der Waals surface area contributed by atoms with E-state index in [4.69, 9.17) is 0 Å². The lowest BCUT2D eigenvalue weighted by molar-refractivity contribution is -0.139. The van der Waals surface area contributed by atoms with Crippen LogP contribution in [0.4, 0.5) is 5.69 Å². The minimum Gasteiger partial charge on any atom is -0.378 e. The molecule has 0 aromatic heterocycles. The highest BCUT2D eigenvalue weighted by atomic mass is 16.2. The van der Waals surface area contributed by atoms with E-state index in [9.17, 15) is 9.59 Å². The molecule has 0 atom stereocenters. The highest BCUT2D eigenvalue weighted by Crippen LogP contribution is 2.13. The number of carbonyl (C=O) groups is 2. The second-order valence-corrected chi connectivity index (χ2v) is 6.02. The van der Waals surface area contributed by atoms with Crippen LogP contribution in [-0.2, 0) is 16.0 Å². The summed E-state index contributed by atoms with van der Waals surface area (Å²) in [6.07, 6.45) is 1.69. The zero-order valence-corrected chi connectivity index (χ0v) is 14.0. The lowest BCUT2D eigenvalue weighted by Crippen LogP contribution is -2.41. The topological polar surface area (TPSA) is 61.4 Å². The van der Waals surface area contributed by atoms with Gasteiger partial charge in [0.15, 0.2) is 0 Å². The molecule has 0 saturated heterocycles. The van der Waals surface area contributed by atoms with Crippen molar-refractivity contribution in [3.8, 4) is 0 Å². The zero-order valence-electron chi connectivity index (χ0n) is 14.0. The number of nitrogens with one attached hydrogen (secondary N) is 2. The first kappa shape index (κ1) is 18.0. The molecule has 1 aromatic rings. The SMILES string of the molecule is CC(C)CNC(=O)C(=O)NCCCc1ccc(N(C)C)cc1. The fraction of sp³-hybridized carbons (Fsp3) is 0.529. The summed E-state index contributed by atoms with van der Waals surface area (Å²) < 4.78 is 0. The van der Waals surface area contributed by atoms with Crippen molar-refractivity contribution in [1.82, 2.24) is 10.6 Å². The standard InChI is InChI=1S/C17H27N3O2/c1-13(2)12-19-17(22)16(21)18-11-5-6-14-7-9-15(10-8-14)20(3)4/h7-10,13H,5-6,11-12H2,1-4H3,(H,18,21)(H,19,22). The van der Waals surface area contributed by atoms with Gasteiger partial charge in [-0.2, -0.15) is 0 Å². The van der Waals surface area contributed by atoms with E-state index in [1.54, 1.807) is 0 Å². The molecule has 0 saturated carbocycles. The minimum absolute atomic E-state index is 0.335. The maximum atomic E-state index is 11.6. The van der Waals surface area contributed by atoms with Gasteiger partial charge in [0, 0.05) is 32.9 Å². The van der Waals surface area contributed by atoms with Crippen molar-refractivity contribution in [2.45, 2.75) is 26.7 Å². The Bertz CT molecular complexity index is 481. The van der Waals surface area contributed by atoms with Crippen molar-refractivity contribution < 1.29 is 9.59 Å². The number of amides is 2. The first-order valence-electron chi connectivity index (χ1n) is 7.72. The number of hydrogen-bond acceptors (Lipinski definition) is 3. The molecule has 1 rings (SSSR count). The summed E-state index contributed by atoms with van der Waals surface area (Å²) in [7, 11) is 4.02. The minimum atomic E-state index is -0.552. The molecular formula is C17H27N3O2. The number of aryl methyl sites for hydroxylation is 1. The van der Waals surface area contributed by atoms with Crippen LogP contribution in [0.25, 0.3) is 0 Å². The monoisotopic (exact) mass is 305 g/mol. The number of anilines is 1. The first-order valence-corrected chi connectivity index (χ1v) is 7.72. The molecule has 0 aliphatic rings. The molecule has 22 heavy (non-hydrogen) atoms. The highest BCUT2D eigenvalue weighted by Gasteiger charge is 2.12. The van der Waals surface area contributed by atoms with Crippen LogP contribution in [0.1, 0.15) is 25.8 Å². The summed E-state index contributed by atoms with van der Waals surface area (Å²) in [6.45, 7) is 4.99. The Balaban J connectivity index is 2.24. The summed E-state index contributed by atoms with van der Waals surface area (Å²) in [6, 6.07) is 8.33. The predicted octanol–water partition coefficient (Wildman–Crippen LogP) is 1.57. The zero-order chi connectivity index (χ0) is 16.5. The Labute approximate surface area is 133 Å². The average molecular weight is 305 g/mol. The van der Waals surface area contributed by atoms with Crippen LogP contribution in [0.2, 0.25) is 0 Å². The molecular weight excluding hydrogens is 278 g/mol. The lowest BCUT2D eigenvalue weighted by atomic mass is 10.1. The largest absolute Gasteiger partial charge is 0.378 e. The molecule has 0 aliphatic heterocycles. The second-order valence-electron chi connectivity index (χ2n) is 6.02. The Morgan fingerprint density at radius 1 is 1.05 bits per heavy atom. The van der Waals surface area contributed by atoms with Crippen LogP contribution >= 0.6 is 0 Å². The van der Waals surface area contributed by atoms with Crippen LogP contribution < -0.4 is 15.5 Å². The van der Waals surface area contributed by atoms with Gasteiger partial charge < -0.3 is 15.5 Å². The Hall–Kier alpha value is -2.04. The van der Waals surface area contributed by atoms with Gasteiger partial charge in [-0.05, 0) is 36.5 Å². The third kappa shape index (κ3) is 6.61. The quantitative estimate of drug-likeness (QED) is 0.594. The summed E-state index contributed by atoms with van der Waals surface area (Å²) in [5.41, 5.74) is 2.39. The van der Waals surface area contributed by atoms with Gasteiger partial charge >= 0.3 is 11.8 Å². The summed E-state index contributed by atoms with van der Waals surface area (Å²) >= 11 is 0. The van der Waals surface area contributed by atoms with Gasteiger partial charge in [0.25, 0.3) is 0 Å². The van der Waals surface area contributed by atoms with Crippen LogP contribution in [0, 0.1) is 5.92 Å². The number of rotatable bonds is 7. The Morgan fingerprint density at radius 2 is 1.64 bits per heavy atom. The first-order chi connectivity index (χ1) is 10.4. The van der Waals surface area contributed by atoms with Gasteiger partial charge in [0.1, 0.15) is 0 Å². The summed E-state index contributed by atoms with van der Waals surface area (Å²) in [5.74, 6) is -0.769. The third-order valence-corrected chi connectivity index (χ3v) is 3.26. The van der Waals surface area contributed by atoms with Gasteiger partial charge in [0.05, 0.1) is 0 Å². The molecule has 5 nitrogen and oxygen atoms in total. The average Bonchev–Trinajstić information content (AvgIpc) is 2.49. The molecule has 0 unspecified atom stereocenters. The van der Waals surface area contributed by atoms with Crippen LogP contribution in [0.5, 0.6) is 0 Å². The van der Waals surface area contributed by atoms with Crippen molar-refractivity contribution in [2.75, 3.05) is 32.1 Å². The van der Waals surface area contributed by atoms with E-state index >= 15 is 0 Å². The van der Waals surface area contributed by atoms with E-state index in [1.165, 1.54) is 11.3 Å². The van der Waals surface area contributed by atoms with Crippen molar-refractivity contribution in [1.29, 1.82) is 0 Å². The highest BCUT2D eigenvalue weighted by molar-refractivity contribution is 6.35. The van der Waals surface area contributed by atoms with Crippen LogP contribution in [0.3, 0.4) is 0 Å². The van der Waals surface area contributed by atoms with Gasteiger partial charge in [-0.25, -0.2) is 0 Å². The van der Waals surface area contributed by atoms with Crippen molar-refractivity contribution in [2.24, 2.45) is 5.92 Å². The third-order valence-electron chi connectivity index (χ3n) is 3.26. The van der Waals surface area contributed by atoms with E-state index in [-0.39, 0.29) is 0 Å². The molecule has 2 amide bonds. The molecule has 5 heteroatoms. The smallest absolute Gasteiger partial charge is 0.309 e. The van der Waals surface area contributed by atoms with E-state index in [0.29, 0.717) is 19.0 Å². The molecule has 2 N–H and O–H groups in total. The van der Waals surface area contributed by atoms with Gasteiger partial charge in [-0.1, -0.05) is 26.0 Å². The molecule has 0 radical (unpaired) electrons. The molecule has 0 spiro atoms. The lowest BCUT2D eigenvalue weighted by Gasteiger charge is -2.12. The van der Waals surface area contributed by atoms with Crippen molar-refractivity contribution in [3.63, 3.8) is 0 Å². The number of benzene rings is 1. The van der Waals surface area contributed by atoms with Gasteiger partial charge in [-0.15, -0.1) is 0 Å². The van der Waals surface area contributed by atoms with Crippen LogP contribution in [0.15, 0.2) is 24.3 Å². The molecule has 0 fully saturated rings. The normalized spacial score (nSPS) is 10.4. The predicted molar refractivity (Wildman–Crippen MR) is 89.9 cm³/mol. The fourth-order valence-electron chi connectivity index (χ4n) is 1.91. The maximum Gasteiger partial charge on any atom is 0.309 e. The Morgan fingerprint density at radius 3 is 2.18 bits per heavy atom. The second kappa shape index (κ2) is 9.07. The molecule has 1 aromatic carbocycles. The molecule has 122 valence electrons. The number of hydrogen-bond donors (Lipinski definition) is 2. The van der Waals surface area contributed by atoms with Crippen molar-refractivity contribution >= 4 is 17.5 Å². The van der Waals surface area contributed by atoms with Crippen molar-refractivity contribution in [3.05, 3.63) is 29.8 Å². The van der Waals surface area contributed by atoms with E-state index < -0.39 is 11.8 Å².